The van der Waals surface area contributed by atoms with Crippen LogP contribution < -0.4 is 10.6 Å². The summed E-state index contributed by atoms with van der Waals surface area (Å²) < 4.78 is 5.51. The number of rotatable bonds is 7. The first-order valence-corrected chi connectivity index (χ1v) is 14.8. The first-order chi connectivity index (χ1) is 19.4. The number of nitriles is 1. The molecule has 1 heterocycles. The van der Waals surface area contributed by atoms with Crippen molar-refractivity contribution >= 4 is 11.4 Å². The maximum Gasteiger partial charge on any atom is 0.141 e. The van der Waals surface area contributed by atoms with Crippen LogP contribution in [0.3, 0.4) is 0 Å². The van der Waals surface area contributed by atoms with Gasteiger partial charge in [0, 0.05) is 34.9 Å². The van der Waals surface area contributed by atoms with Gasteiger partial charge in [-0.2, -0.15) is 5.26 Å². The van der Waals surface area contributed by atoms with Crippen LogP contribution in [0.4, 0.5) is 11.4 Å². The third-order valence-corrected chi connectivity index (χ3v) is 9.73. The Morgan fingerprint density at radius 2 is 1.77 bits per heavy atom. The molecule has 40 heavy (non-hydrogen) atoms. The second-order valence-corrected chi connectivity index (χ2v) is 12.3. The monoisotopic (exact) mass is 532 g/mol. The highest BCUT2D eigenvalue weighted by Crippen LogP contribution is 2.62. The molecule has 2 aromatic carbocycles. The molecule has 1 aromatic heterocycles. The summed E-state index contributed by atoms with van der Waals surface area (Å²) in [5.74, 6) is 1.43. The molecule has 206 valence electrons. The van der Waals surface area contributed by atoms with E-state index in [1.165, 1.54) is 22.5 Å². The molecule has 2 fully saturated rings. The number of nitrogens with two attached hydrogens (primary N) is 1. The summed E-state index contributed by atoms with van der Waals surface area (Å²) in [6.45, 7) is 7.14. The van der Waals surface area contributed by atoms with E-state index in [0.717, 1.165) is 74.1 Å². The fourth-order valence-corrected chi connectivity index (χ4v) is 7.11. The number of allylic oxidation sites excluding steroid dienone is 4. The molecule has 6 rings (SSSR count). The summed E-state index contributed by atoms with van der Waals surface area (Å²) in [7, 11) is 0. The summed E-state index contributed by atoms with van der Waals surface area (Å²) in [4.78, 5) is 2.50. The Kier molecular flexibility index (Phi) is 6.92. The van der Waals surface area contributed by atoms with Crippen molar-refractivity contribution < 1.29 is 4.52 Å². The van der Waals surface area contributed by atoms with Crippen LogP contribution in [0.25, 0.3) is 11.1 Å². The Morgan fingerprint density at radius 3 is 2.38 bits per heavy atom. The van der Waals surface area contributed by atoms with Crippen molar-refractivity contribution in [3.05, 3.63) is 89.3 Å². The smallest absolute Gasteiger partial charge is 0.141 e. The summed E-state index contributed by atoms with van der Waals surface area (Å²) >= 11 is 0. The van der Waals surface area contributed by atoms with Crippen molar-refractivity contribution in [2.24, 2.45) is 17.1 Å². The lowest BCUT2D eigenvalue weighted by molar-refractivity contribution is 0.332. The molecule has 2 N–H and O–H groups in total. The molecule has 1 unspecified atom stereocenters. The zero-order valence-electron chi connectivity index (χ0n) is 24.0. The normalized spacial score (nSPS) is 25.0. The van der Waals surface area contributed by atoms with Gasteiger partial charge in [-0.1, -0.05) is 53.7 Å². The molecule has 0 bridgehead atoms. The summed E-state index contributed by atoms with van der Waals surface area (Å²) in [5.41, 5.74) is 13.7. The van der Waals surface area contributed by atoms with E-state index in [9.17, 15) is 5.26 Å². The van der Waals surface area contributed by atoms with Crippen molar-refractivity contribution in [2.75, 3.05) is 11.4 Å². The van der Waals surface area contributed by atoms with Gasteiger partial charge in [0.05, 0.1) is 17.2 Å². The van der Waals surface area contributed by atoms with E-state index in [1.54, 1.807) is 0 Å². The molecule has 5 heteroatoms. The lowest BCUT2D eigenvalue weighted by Crippen LogP contribution is -2.35. The Bertz CT molecular complexity index is 1460. The van der Waals surface area contributed by atoms with Crippen LogP contribution in [0, 0.1) is 43.4 Å². The van der Waals surface area contributed by atoms with E-state index in [4.69, 9.17) is 10.3 Å². The Morgan fingerprint density at radius 1 is 1.02 bits per heavy atom. The van der Waals surface area contributed by atoms with Crippen LogP contribution in [0.1, 0.15) is 67.5 Å². The minimum atomic E-state index is -0.296. The SMILES string of the molecule is Cc1ccc(-c2c(C)noc2C)cc1N(CC1CCC(N)CC1)c1ccc(C2(C3(C#N)CC3)C=CC=CC2)cc1. The molecular weight excluding hydrogens is 492 g/mol. The quantitative estimate of drug-likeness (QED) is 0.334. The van der Waals surface area contributed by atoms with Crippen molar-refractivity contribution in [3.8, 4) is 17.2 Å². The van der Waals surface area contributed by atoms with Crippen LogP contribution in [-0.2, 0) is 5.41 Å². The largest absolute Gasteiger partial charge is 0.361 e. The van der Waals surface area contributed by atoms with Crippen molar-refractivity contribution in [2.45, 2.75) is 77.2 Å². The van der Waals surface area contributed by atoms with Crippen molar-refractivity contribution in [3.63, 3.8) is 0 Å². The molecule has 0 spiro atoms. The van der Waals surface area contributed by atoms with E-state index in [0.29, 0.717) is 12.0 Å². The number of benzene rings is 2. The van der Waals surface area contributed by atoms with Crippen molar-refractivity contribution in [1.29, 1.82) is 5.26 Å². The Hall–Kier alpha value is -3.62. The molecule has 0 aliphatic heterocycles. The molecule has 0 amide bonds. The molecule has 3 aromatic rings. The third-order valence-electron chi connectivity index (χ3n) is 9.73. The van der Waals surface area contributed by atoms with Gasteiger partial charge in [-0.05, 0) is 107 Å². The van der Waals surface area contributed by atoms with Gasteiger partial charge in [0.2, 0.25) is 0 Å². The number of nitrogens with zero attached hydrogens (tertiary/aromatic N) is 3. The highest BCUT2D eigenvalue weighted by atomic mass is 16.5. The average molecular weight is 533 g/mol. The van der Waals surface area contributed by atoms with Gasteiger partial charge in [0.25, 0.3) is 0 Å². The topological polar surface area (TPSA) is 79.1 Å². The van der Waals surface area contributed by atoms with E-state index in [2.05, 4.69) is 89.8 Å². The van der Waals surface area contributed by atoms with E-state index >= 15 is 0 Å². The van der Waals surface area contributed by atoms with Gasteiger partial charge >= 0.3 is 0 Å². The first-order valence-electron chi connectivity index (χ1n) is 14.8. The maximum atomic E-state index is 10.2. The van der Waals surface area contributed by atoms with Crippen LogP contribution in [0.5, 0.6) is 0 Å². The van der Waals surface area contributed by atoms with Gasteiger partial charge in [-0.3, -0.25) is 0 Å². The van der Waals surface area contributed by atoms with Gasteiger partial charge in [-0.15, -0.1) is 0 Å². The molecule has 3 aliphatic rings. The van der Waals surface area contributed by atoms with Crippen LogP contribution in [-0.4, -0.2) is 17.7 Å². The van der Waals surface area contributed by atoms with Crippen LogP contribution >= 0.6 is 0 Å². The maximum absolute atomic E-state index is 10.2. The zero-order chi connectivity index (χ0) is 27.9. The van der Waals surface area contributed by atoms with Crippen LogP contribution in [0.15, 0.2) is 71.3 Å². The molecule has 2 saturated carbocycles. The molecule has 3 aliphatic carbocycles. The van der Waals surface area contributed by atoms with Gasteiger partial charge in [-0.25, -0.2) is 0 Å². The highest BCUT2D eigenvalue weighted by Gasteiger charge is 2.59. The lowest BCUT2D eigenvalue weighted by Gasteiger charge is -2.37. The minimum absolute atomic E-state index is 0.251. The molecular formula is C35H40N4O. The predicted molar refractivity (Wildman–Crippen MR) is 161 cm³/mol. The summed E-state index contributed by atoms with van der Waals surface area (Å²) in [5, 5.41) is 14.4. The van der Waals surface area contributed by atoms with E-state index in [1.807, 2.05) is 13.8 Å². The molecule has 5 nitrogen and oxygen atoms in total. The van der Waals surface area contributed by atoms with Gasteiger partial charge in [0.15, 0.2) is 0 Å². The van der Waals surface area contributed by atoms with E-state index in [-0.39, 0.29) is 10.8 Å². The highest BCUT2D eigenvalue weighted by molar-refractivity contribution is 5.76. The second kappa shape index (κ2) is 10.4. The number of aromatic nitrogens is 1. The van der Waals surface area contributed by atoms with Gasteiger partial charge < -0.3 is 15.2 Å². The van der Waals surface area contributed by atoms with Crippen LogP contribution in [0.2, 0.25) is 0 Å². The summed E-state index contributed by atoms with van der Waals surface area (Å²) in [6.07, 6.45) is 16.0. The Labute approximate surface area is 238 Å². The zero-order valence-corrected chi connectivity index (χ0v) is 24.0. The second-order valence-electron chi connectivity index (χ2n) is 12.3. The molecule has 0 saturated heterocycles. The number of hydrogen-bond donors (Lipinski definition) is 1. The fraction of sp³-hybridized carbons (Fsp3) is 0.429. The lowest BCUT2D eigenvalue weighted by atomic mass is 9.64. The van der Waals surface area contributed by atoms with E-state index < -0.39 is 0 Å². The third kappa shape index (κ3) is 4.59. The average Bonchev–Trinajstić information content (AvgIpc) is 3.72. The summed E-state index contributed by atoms with van der Waals surface area (Å²) in [6, 6.07) is 18.8. The number of anilines is 2. The minimum Gasteiger partial charge on any atom is -0.361 e. The van der Waals surface area contributed by atoms with Crippen molar-refractivity contribution in [1.82, 2.24) is 5.16 Å². The first kappa shape index (κ1) is 26.6. The Balaban J connectivity index is 1.40. The number of aryl methyl sites for hydroxylation is 3. The fourth-order valence-electron chi connectivity index (χ4n) is 7.11. The predicted octanol–water partition coefficient (Wildman–Crippen LogP) is 7.98. The standard InChI is InChI=1S/C35H40N4O/c1-24-7-10-28(33-25(2)38-40-26(33)3)21-32(24)39(22-27-8-13-30(37)14-9-27)31-15-11-29(12-16-31)35(17-5-4-6-18-35)34(23-36)19-20-34/h4-7,10-12,15-17,21,27,30H,8-9,13-14,18-20,22,37H2,1-3H3. The molecule has 1 atom stereocenters. The molecule has 0 radical (unpaired) electrons. The van der Waals surface area contributed by atoms with Gasteiger partial charge in [0.1, 0.15) is 5.76 Å². The number of hydrogen-bond acceptors (Lipinski definition) is 5.